The van der Waals surface area contributed by atoms with Gasteiger partial charge >= 0.3 is 6.15 Å². The van der Waals surface area contributed by atoms with Crippen LogP contribution in [0.2, 0.25) is 0 Å². The molecule has 1 heterocycles. The number of carbonyl (C=O) groups excluding carboxylic acids is 3. The number of nitrogen functional groups attached to an aromatic ring is 1. The first kappa shape index (κ1) is 23.5. The SMILES string of the molecule is Cc1cc(N)c2c(OCC(C)(C)NC(=O)c3ccc(CO)cc3)cccc2n1.O=C=O. The molecule has 3 aromatic rings. The molecule has 31 heavy (non-hydrogen) atoms. The molecule has 4 N–H and O–H groups in total. The number of rotatable bonds is 6. The first-order chi connectivity index (χ1) is 14.7. The predicted molar refractivity (Wildman–Crippen MR) is 115 cm³/mol. The van der Waals surface area contributed by atoms with E-state index in [0.29, 0.717) is 17.0 Å². The molecule has 0 unspecified atom stereocenters. The number of aliphatic hydroxyl groups excluding tert-OH is 1. The second kappa shape index (κ2) is 10.3. The normalized spacial score (nSPS) is 10.6. The number of hydrogen-bond acceptors (Lipinski definition) is 7. The number of fused-ring (bicyclic) bond motifs is 1. The van der Waals surface area contributed by atoms with Crippen LogP contribution in [0.25, 0.3) is 10.9 Å². The Morgan fingerprint density at radius 2 is 1.84 bits per heavy atom. The Hall–Kier alpha value is -3.74. The molecule has 0 aliphatic heterocycles. The average Bonchev–Trinajstić information content (AvgIpc) is 2.72. The molecule has 1 aromatic heterocycles. The van der Waals surface area contributed by atoms with E-state index in [-0.39, 0.29) is 25.3 Å². The fraction of sp³-hybridized carbons (Fsp3) is 0.261. The number of nitrogens with one attached hydrogen (secondary N) is 1. The lowest BCUT2D eigenvalue weighted by Crippen LogP contribution is -2.47. The molecule has 0 saturated carbocycles. The topological polar surface area (TPSA) is 132 Å². The van der Waals surface area contributed by atoms with Gasteiger partial charge in [-0.1, -0.05) is 18.2 Å². The van der Waals surface area contributed by atoms with E-state index in [0.717, 1.165) is 22.2 Å². The molecule has 0 atom stereocenters. The minimum Gasteiger partial charge on any atom is -0.490 e. The van der Waals surface area contributed by atoms with E-state index in [9.17, 15) is 4.79 Å². The molecular formula is C23H25N3O5. The van der Waals surface area contributed by atoms with Gasteiger partial charge in [-0.15, -0.1) is 0 Å². The van der Waals surface area contributed by atoms with Crippen LogP contribution in [0.1, 0.15) is 35.5 Å². The van der Waals surface area contributed by atoms with Crippen LogP contribution in [-0.2, 0) is 16.2 Å². The molecule has 0 radical (unpaired) electrons. The van der Waals surface area contributed by atoms with Gasteiger partial charge in [0, 0.05) is 16.9 Å². The molecule has 2 aromatic carbocycles. The molecule has 3 rings (SSSR count). The number of aryl methyl sites for hydroxylation is 1. The summed E-state index contributed by atoms with van der Waals surface area (Å²) < 4.78 is 6.01. The number of nitrogens with zero attached hydrogens (tertiary/aromatic N) is 1. The highest BCUT2D eigenvalue weighted by atomic mass is 16.5. The van der Waals surface area contributed by atoms with Gasteiger partial charge in [0.2, 0.25) is 0 Å². The third-order valence-electron chi connectivity index (χ3n) is 4.39. The molecule has 8 heteroatoms. The van der Waals surface area contributed by atoms with Crippen molar-refractivity contribution in [2.75, 3.05) is 12.3 Å². The molecule has 8 nitrogen and oxygen atoms in total. The molecule has 0 aliphatic carbocycles. The number of nitrogens with two attached hydrogens (primary N) is 1. The van der Waals surface area contributed by atoms with Crippen LogP contribution in [0, 0.1) is 6.92 Å². The fourth-order valence-electron chi connectivity index (χ4n) is 2.98. The predicted octanol–water partition coefficient (Wildman–Crippen LogP) is 2.62. The van der Waals surface area contributed by atoms with Gasteiger partial charge in [0.1, 0.15) is 12.4 Å². The van der Waals surface area contributed by atoms with Gasteiger partial charge in [-0.25, -0.2) is 0 Å². The molecule has 0 aliphatic rings. The maximum atomic E-state index is 12.5. The number of aliphatic hydroxyl groups is 1. The number of aromatic nitrogens is 1. The second-order valence-corrected chi connectivity index (χ2v) is 7.57. The van der Waals surface area contributed by atoms with Crippen LogP contribution in [0.5, 0.6) is 5.75 Å². The lowest BCUT2D eigenvalue weighted by molar-refractivity contribution is -0.191. The number of benzene rings is 2. The van der Waals surface area contributed by atoms with Crippen LogP contribution in [0.4, 0.5) is 5.69 Å². The van der Waals surface area contributed by atoms with Crippen LogP contribution in [-0.4, -0.2) is 34.3 Å². The van der Waals surface area contributed by atoms with Gasteiger partial charge in [-0.3, -0.25) is 9.78 Å². The van der Waals surface area contributed by atoms with Crippen molar-refractivity contribution in [3.63, 3.8) is 0 Å². The van der Waals surface area contributed by atoms with E-state index in [1.54, 1.807) is 24.3 Å². The molecule has 1 amide bonds. The van der Waals surface area contributed by atoms with E-state index in [4.69, 9.17) is 25.2 Å². The Labute approximate surface area is 180 Å². The van der Waals surface area contributed by atoms with Crippen molar-refractivity contribution in [1.82, 2.24) is 10.3 Å². The highest BCUT2D eigenvalue weighted by Crippen LogP contribution is 2.30. The smallest absolute Gasteiger partial charge is 0.373 e. The van der Waals surface area contributed by atoms with Crippen LogP contribution in [0.15, 0.2) is 48.5 Å². The summed E-state index contributed by atoms with van der Waals surface area (Å²) in [6.07, 6.45) is 0.250. The maximum absolute atomic E-state index is 12.5. The third kappa shape index (κ3) is 6.37. The lowest BCUT2D eigenvalue weighted by atomic mass is 10.1. The van der Waals surface area contributed by atoms with Gasteiger partial charge in [0.25, 0.3) is 5.91 Å². The zero-order chi connectivity index (χ0) is 23.0. The van der Waals surface area contributed by atoms with Crippen molar-refractivity contribution in [3.05, 3.63) is 65.4 Å². The van der Waals surface area contributed by atoms with Crippen molar-refractivity contribution in [2.24, 2.45) is 0 Å². The standard InChI is InChI=1S/C22H25N3O3.CO2/c1-14-11-17(23)20-18(24-14)5-4-6-19(20)28-13-22(2,3)25-21(27)16-9-7-15(12-26)8-10-16;2-1-3/h4-11,26H,12-13H2,1-3H3,(H2,23,24)(H,25,27);. The summed E-state index contributed by atoms with van der Waals surface area (Å²) in [6.45, 7) is 5.90. The van der Waals surface area contributed by atoms with E-state index in [1.807, 2.05) is 45.0 Å². The molecule has 0 saturated heterocycles. The van der Waals surface area contributed by atoms with E-state index in [1.165, 1.54) is 0 Å². The van der Waals surface area contributed by atoms with Gasteiger partial charge in [-0.05, 0) is 56.7 Å². The maximum Gasteiger partial charge on any atom is 0.373 e. The van der Waals surface area contributed by atoms with Crippen LogP contribution < -0.4 is 15.8 Å². The van der Waals surface area contributed by atoms with Crippen LogP contribution in [0.3, 0.4) is 0 Å². The minimum atomic E-state index is -0.609. The monoisotopic (exact) mass is 423 g/mol. The fourth-order valence-corrected chi connectivity index (χ4v) is 2.98. The summed E-state index contributed by atoms with van der Waals surface area (Å²) in [5.41, 5.74) is 9.09. The average molecular weight is 423 g/mol. The zero-order valence-corrected chi connectivity index (χ0v) is 17.6. The van der Waals surface area contributed by atoms with Crippen molar-refractivity contribution >= 4 is 28.6 Å². The summed E-state index contributed by atoms with van der Waals surface area (Å²) >= 11 is 0. The number of ether oxygens (including phenoxy) is 1. The summed E-state index contributed by atoms with van der Waals surface area (Å²) in [5.74, 6) is 0.435. The highest BCUT2D eigenvalue weighted by Gasteiger charge is 2.23. The van der Waals surface area contributed by atoms with Crippen molar-refractivity contribution in [1.29, 1.82) is 0 Å². The number of hydrogen-bond donors (Lipinski definition) is 3. The summed E-state index contributed by atoms with van der Waals surface area (Å²) in [5, 5.41) is 12.9. The van der Waals surface area contributed by atoms with Gasteiger partial charge in [0.05, 0.1) is 23.0 Å². The Balaban J connectivity index is 0.00000107. The first-order valence-electron chi connectivity index (χ1n) is 9.51. The van der Waals surface area contributed by atoms with Crippen molar-refractivity contribution in [2.45, 2.75) is 32.9 Å². The summed E-state index contributed by atoms with van der Waals surface area (Å²) in [7, 11) is 0. The van der Waals surface area contributed by atoms with Crippen LogP contribution >= 0.6 is 0 Å². The van der Waals surface area contributed by atoms with Crippen molar-refractivity contribution < 1.29 is 24.2 Å². The first-order valence-corrected chi connectivity index (χ1v) is 9.51. The van der Waals surface area contributed by atoms with Gasteiger partial charge in [-0.2, -0.15) is 9.59 Å². The number of anilines is 1. The highest BCUT2D eigenvalue weighted by molar-refractivity contribution is 5.96. The van der Waals surface area contributed by atoms with Gasteiger partial charge in [0.15, 0.2) is 0 Å². The second-order valence-electron chi connectivity index (χ2n) is 7.57. The minimum absolute atomic E-state index is 0.0518. The Kier molecular flexibility index (Phi) is 7.85. The largest absolute Gasteiger partial charge is 0.490 e. The summed E-state index contributed by atoms with van der Waals surface area (Å²) in [6, 6.07) is 14.3. The zero-order valence-electron chi connectivity index (χ0n) is 17.6. The third-order valence-corrected chi connectivity index (χ3v) is 4.39. The number of pyridine rings is 1. The molecule has 0 bridgehead atoms. The molecular weight excluding hydrogens is 398 g/mol. The Morgan fingerprint density at radius 3 is 2.45 bits per heavy atom. The molecule has 0 fully saturated rings. The van der Waals surface area contributed by atoms with E-state index < -0.39 is 5.54 Å². The van der Waals surface area contributed by atoms with E-state index in [2.05, 4.69) is 10.3 Å². The van der Waals surface area contributed by atoms with Gasteiger partial charge < -0.3 is 20.9 Å². The molecule has 0 spiro atoms. The Bertz CT molecular complexity index is 1090. The quantitative estimate of drug-likeness (QED) is 0.555. The number of amides is 1. The summed E-state index contributed by atoms with van der Waals surface area (Å²) in [4.78, 5) is 33.3. The molecule has 162 valence electrons. The number of carbonyl (C=O) groups is 1. The van der Waals surface area contributed by atoms with E-state index >= 15 is 0 Å². The van der Waals surface area contributed by atoms with Crippen molar-refractivity contribution in [3.8, 4) is 5.75 Å². The Morgan fingerprint density at radius 1 is 1.19 bits per heavy atom. The lowest BCUT2D eigenvalue weighted by Gasteiger charge is -2.27.